The van der Waals surface area contributed by atoms with Gasteiger partial charge in [-0.2, -0.15) is 0 Å². The van der Waals surface area contributed by atoms with E-state index in [1.165, 1.54) is 6.08 Å². The van der Waals surface area contributed by atoms with Crippen molar-refractivity contribution in [2.45, 2.75) is 44.8 Å². The molecule has 2 heterocycles. The Hall–Kier alpha value is -1.36. The second-order valence-electron chi connectivity index (χ2n) is 5.21. The molecular weight excluding hydrogens is 246 g/mol. The number of esters is 1. The molecule has 5 nitrogen and oxygen atoms in total. The van der Waals surface area contributed by atoms with Crippen LogP contribution in [-0.4, -0.2) is 48.6 Å². The van der Waals surface area contributed by atoms with Crippen LogP contribution in [-0.2, 0) is 19.1 Å². The summed E-state index contributed by atoms with van der Waals surface area (Å²) >= 11 is 0. The maximum absolute atomic E-state index is 12.1. The van der Waals surface area contributed by atoms with Gasteiger partial charge < -0.3 is 14.4 Å². The van der Waals surface area contributed by atoms with Gasteiger partial charge in [0.15, 0.2) is 5.78 Å². The van der Waals surface area contributed by atoms with Gasteiger partial charge in [-0.15, -0.1) is 0 Å². The molecular formula is C14H21NO4. The highest BCUT2D eigenvalue weighted by atomic mass is 16.6. The molecule has 2 rings (SSSR count). The lowest BCUT2D eigenvalue weighted by Crippen LogP contribution is -2.46. The van der Waals surface area contributed by atoms with Gasteiger partial charge in [0, 0.05) is 26.2 Å². The molecule has 1 unspecified atom stereocenters. The second kappa shape index (κ2) is 5.33. The molecule has 0 N–H and O–H groups in total. The number of methoxy groups -OCH3 is 1. The Morgan fingerprint density at radius 1 is 1.63 bits per heavy atom. The average Bonchev–Trinajstić information content (AvgIpc) is 2.94. The number of Topliss-reactive ketones (excluding diaryl/α,β-unsaturated/α-hetero) is 1. The number of rotatable bonds is 5. The van der Waals surface area contributed by atoms with Gasteiger partial charge in [0.2, 0.25) is 5.60 Å². The molecule has 1 saturated heterocycles. The van der Waals surface area contributed by atoms with E-state index in [0.29, 0.717) is 18.7 Å². The van der Waals surface area contributed by atoms with Crippen molar-refractivity contribution in [2.24, 2.45) is 0 Å². The Morgan fingerprint density at radius 2 is 2.37 bits per heavy atom. The SMILES string of the molecule is CCC(=O)C1(C)OC(=O)C=C1N1CCC[C@H]1COC. The van der Waals surface area contributed by atoms with Crippen LogP contribution in [0.3, 0.4) is 0 Å². The molecule has 0 radical (unpaired) electrons. The van der Waals surface area contributed by atoms with Gasteiger partial charge in [0.05, 0.1) is 18.3 Å². The van der Waals surface area contributed by atoms with E-state index in [0.717, 1.165) is 19.4 Å². The average molecular weight is 267 g/mol. The quantitative estimate of drug-likeness (QED) is 0.702. The normalized spacial score (nSPS) is 30.5. The number of hydrogen-bond acceptors (Lipinski definition) is 5. The van der Waals surface area contributed by atoms with Gasteiger partial charge in [-0.05, 0) is 19.8 Å². The minimum absolute atomic E-state index is 0.0623. The summed E-state index contributed by atoms with van der Waals surface area (Å²) in [7, 11) is 1.66. The van der Waals surface area contributed by atoms with Gasteiger partial charge in [-0.1, -0.05) is 6.92 Å². The van der Waals surface area contributed by atoms with Gasteiger partial charge in [-0.25, -0.2) is 4.79 Å². The molecule has 0 bridgehead atoms. The number of cyclic esters (lactones) is 1. The highest BCUT2D eigenvalue weighted by Gasteiger charge is 2.48. The molecule has 0 saturated carbocycles. The van der Waals surface area contributed by atoms with E-state index >= 15 is 0 Å². The number of ether oxygens (including phenoxy) is 2. The van der Waals surface area contributed by atoms with Crippen molar-refractivity contribution in [3.05, 3.63) is 11.8 Å². The molecule has 1 fully saturated rings. The summed E-state index contributed by atoms with van der Waals surface area (Å²) in [6.07, 6.45) is 3.86. The number of hydrogen-bond donors (Lipinski definition) is 0. The Kier molecular flexibility index (Phi) is 3.94. The zero-order valence-corrected chi connectivity index (χ0v) is 11.8. The fourth-order valence-electron chi connectivity index (χ4n) is 2.94. The first-order valence-corrected chi connectivity index (χ1v) is 6.77. The third-order valence-electron chi connectivity index (χ3n) is 3.95. The zero-order chi connectivity index (χ0) is 14.0. The minimum Gasteiger partial charge on any atom is -0.442 e. The van der Waals surface area contributed by atoms with E-state index in [4.69, 9.17) is 9.47 Å². The second-order valence-corrected chi connectivity index (χ2v) is 5.21. The van der Waals surface area contributed by atoms with Crippen LogP contribution in [0.25, 0.3) is 0 Å². The van der Waals surface area contributed by atoms with Crippen LogP contribution in [0.5, 0.6) is 0 Å². The van der Waals surface area contributed by atoms with Crippen LogP contribution in [0.15, 0.2) is 11.8 Å². The third kappa shape index (κ3) is 2.39. The molecule has 2 atom stereocenters. The Morgan fingerprint density at radius 3 is 3.00 bits per heavy atom. The van der Waals surface area contributed by atoms with E-state index in [2.05, 4.69) is 4.90 Å². The molecule has 19 heavy (non-hydrogen) atoms. The molecule has 2 aliphatic heterocycles. The smallest absolute Gasteiger partial charge is 0.334 e. The van der Waals surface area contributed by atoms with Crippen LogP contribution in [0.1, 0.15) is 33.1 Å². The predicted octanol–water partition coefficient (Wildman–Crippen LogP) is 1.28. The highest BCUT2D eigenvalue weighted by Crippen LogP contribution is 2.36. The minimum atomic E-state index is -1.12. The van der Waals surface area contributed by atoms with Crippen LogP contribution in [0.4, 0.5) is 0 Å². The Balaban J connectivity index is 2.28. The topological polar surface area (TPSA) is 55.8 Å². The van der Waals surface area contributed by atoms with Crippen LogP contribution in [0.2, 0.25) is 0 Å². The van der Waals surface area contributed by atoms with Crippen molar-refractivity contribution in [1.82, 2.24) is 4.90 Å². The summed E-state index contributed by atoms with van der Waals surface area (Å²) in [6, 6.07) is 0.217. The van der Waals surface area contributed by atoms with Crippen LogP contribution in [0, 0.1) is 0 Å². The summed E-state index contributed by atoms with van der Waals surface area (Å²) in [5.41, 5.74) is -0.425. The lowest BCUT2D eigenvalue weighted by molar-refractivity contribution is -0.155. The number of ketones is 1. The van der Waals surface area contributed by atoms with E-state index < -0.39 is 11.6 Å². The summed E-state index contributed by atoms with van der Waals surface area (Å²) in [5.74, 6) is -0.491. The zero-order valence-electron chi connectivity index (χ0n) is 11.8. The Bertz CT molecular complexity index is 418. The first-order chi connectivity index (χ1) is 9.02. The number of nitrogens with zero attached hydrogens (tertiary/aromatic N) is 1. The predicted molar refractivity (Wildman–Crippen MR) is 69.5 cm³/mol. The molecule has 5 heteroatoms. The molecule has 2 aliphatic rings. The van der Waals surface area contributed by atoms with Crippen molar-refractivity contribution in [2.75, 3.05) is 20.3 Å². The molecule has 106 valence electrons. The molecule has 0 amide bonds. The van der Waals surface area contributed by atoms with Gasteiger partial charge in [-0.3, -0.25) is 4.79 Å². The molecule has 0 aliphatic carbocycles. The largest absolute Gasteiger partial charge is 0.442 e. The van der Waals surface area contributed by atoms with E-state index in [1.807, 2.05) is 0 Å². The molecule has 0 spiro atoms. The maximum atomic E-state index is 12.1. The molecule has 0 aromatic carbocycles. The standard InChI is InChI=1S/C14H21NO4/c1-4-12(16)14(2)11(8-13(17)19-14)15-7-5-6-10(15)9-18-3/h8,10H,4-7,9H2,1-3H3/t10-,14?/m0/s1. The fraction of sp³-hybridized carbons (Fsp3) is 0.714. The van der Waals surface area contributed by atoms with Crippen LogP contribution < -0.4 is 0 Å². The lowest BCUT2D eigenvalue weighted by atomic mass is 9.94. The van der Waals surface area contributed by atoms with Crippen molar-refractivity contribution in [3.8, 4) is 0 Å². The van der Waals surface area contributed by atoms with Crippen molar-refractivity contribution < 1.29 is 19.1 Å². The van der Waals surface area contributed by atoms with Gasteiger partial charge >= 0.3 is 5.97 Å². The molecule has 0 aromatic heterocycles. The molecule has 0 aromatic rings. The first kappa shape index (κ1) is 14.1. The van der Waals surface area contributed by atoms with Crippen molar-refractivity contribution >= 4 is 11.8 Å². The summed E-state index contributed by atoms with van der Waals surface area (Å²) in [4.78, 5) is 25.8. The van der Waals surface area contributed by atoms with E-state index in [1.54, 1.807) is 21.0 Å². The van der Waals surface area contributed by atoms with Gasteiger partial charge in [0.1, 0.15) is 0 Å². The summed E-state index contributed by atoms with van der Waals surface area (Å²) in [5, 5.41) is 0. The third-order valence-corrected chi connectivity index (χ3v) is 3.95. The number of carbonyl (C=O) groups is 2. The van der Waals surface area contributed by atoms with E-state index in [9.17, 15) is 9.59 Å². The lowest BCUT2D eigenvalue weighted by Gasteiger charge is -2.34. The van der Waals surface area contributed by atoms with Crippen LogP contribution >= 0.6 is 0 Å². The Labute approximate surface area is 113 Å². The van der Waals surface area contributed by atoms with Gasteiger partial charge in [0.25, 0.3) is 0 Å². The monoisotopic (exact) mass is 267 g/mol. The fourth-order valence-corrected chi connectivity index (χ4v) is 2.94. The number of carbonyl (C=O) groups excluding carboxylic acids is 2. The first-order valence-electron chi connectivity index (χ1n) is 6.77. The van der Waals surface area contributed by atoms with Crippen molar-refractivity contribution in [3.63, 3.8) is 0 Å². The highest BCUT2D eigenvalue weighted by molar-refractivity contribution is 5.99. The van der Waals surface area contributed by atoms with E-state index in [-0.39, 0.29) is 11.8 Å². The number of likely N-dealkylation sites (tertiary alicyclic amines) is 1. The summed E-state index contributed by atoms with van der Waals surface area (Å²) < 4.78 is 10.5. The summed E-state index contributed by atoms with van der Waals surface area (Å²) in [6.45, 7) is 4.91. The maximum Gasteiger partial charge on any atom is 0.334 e. The van der Waals surface area contributed by atoms with Crippen molar-refractivity contribution in [1.29, 1.82) is 0 Å².